The zero-order valence-electron chi connectivity index (χ0n) is 10.6. The van der Waals surface area contributed by atoms with Crippen molar-refractivity contribution in [1.82, 2.24) is 5.32 Å². The fourth-order valence-electron chi connectivity index (χ4n) is 1.42. The minimum Gasteiger partial charge on any atom is -0.493 e. The molecule has 0 aliphatic heterocycles. The maximum atomic E-state index is 11.9. The molecule has 0 atom stereocenters. The van der Waals surface area contributed by atoms with Crippen LogP contribution in [0.4, 0.5) is 0 Å². The van der Waals surface area contributed by atoms with Gasteiger partial charge in [-0.3, -0.25) is 4.79 Å². The van der Waals surface area contributed by atoms with Gasteiger partial charge in [-0.2, -0.15) is 0 Å². The smallest absolute Gasteiger partial charge is 0.255 e. The van der Waals surface area contributed by atoms with Gasteiger partial charge in [0.1, 0.15) is 4.49 Å². The zero-order valence-corrected chi connectivity index (χ0v) is 12.1. The number of methoxy groups -OCH3 is 3. The molecule has 1 rings (SSSR count). The van der Waals surface area contributed by atoms with Crippen LogP contribution in [0.2, 0.25) is 0 Å². The molecule has 19 heavy (non-hydrogen) atoms. The van der Waals surface area contributed by atoms with Gasteiger partial charge in [0.25, 0.3) is 5.91 Å². The van der Waals surface area contributed by atoms with Gasteiger partial charge in [0, 0.05) is 11.8 Å². The highest BCUT2D eigenvalue weighted by atomic mass is 35.5. The second-order valence-electron chi connectivity index (χ2n) is 3.32. The summed E-state index contributed by atoms with van der Waals surface area (Å²) in [6.45, 7) is 0. The first-order valence-corrected chi connectivity index (χ1v) is 5.91. The van der Waals surface area contributed by atoms with Gasteiger partial charge in [-0.25, -0.2) is 0 Å². The number of halogens is 2. The fraction of sp³-hybridized carbons (Fsp3) is 0.250. The summed E-state index contributed by atoms with van der Waals surface area (Å²) < 4.78 is 15.4. The Kier molecular flexibility index (Phi) is 5.79. The normalized spacial score (nSPS) is 9.53. The maximum Gasteiger partial charge on any atom is 0.255 e. The number of benzene rings is 1. The van der Waals surface area contributed by atoms with E-state index < -0.39 is 5.91 Å². The largest absolute Gasteiger partial charge is 0.493 e. The van der Waals surface area contributed by atoms with Crippen LogP contribution < -0.4 is 19.5 Å². The van der Waals surface area contributed by atoms with Gasteiger partial charge >= 0.3 is 0 Å². The van der Waals surface area contributed by atoms with E-state index in [4.69, 9.17) is 37.4 Å². The van der Waals surface area contributed by atoms with Crippen molar-refractivity contribution >= 4 is 29.1 Å². The molecule has 1 N–H and O–H groups in total. The Morgan fingerprint density at radius 1 is 1.11 bits per heavy atom. The van der Waals surface area contributed by atoms with Crippen LogP contribution in [0.25, 0.3) is 0 Å². The van der Waals surface area contributed by atoms with Gasteiger partial charge in [-0.05, 0) is 12.1 Å². The molecule has 0 heterocycles. The van der Waals surface area contributed by atoms with Crippen molar-refractivity contribution in [3.8, 4) is 17.2 Å². The fourth-order valence-corrected chi connectivity index (χ4v) is 1.52. The molecule has 0 fully saturated rings. The van der Waals surface area contributed by atoms with Crippen molar-refractivity contribution in [3.05, 3.63) is 28.4 Å². The Balaban J connectivity index is 3.15. The quantitative estimate of drug-likeness (QED) is 0.909. The van der Waals surface area contributed by atoms with Crippen LogP contribution in [-0.2, 0) is 0 Å². The van der Waals surface area contributed by atoms with Crippen molar-refractivity contribution < 1.29 is 19.0 Å². The molecule has 0 aliphatic rings. The lowest BCUT2D eigenvalue weighted by Gasteiger charge is -2.13. The highest BCUT2D eigenvalue weighted by Crippen LogP contribution is 2.38. The molecular weight excluding hydrogens is 293 g/mol. The summed E-state index contributed by atoms with van der Waals surface area (Å²) in [6, 6.07) is 3.04. The maximum absolute atomic E-state index is 11.9. The summed E-state index contributed by atoms with van der Waals surface area (Å²) in [4.78, 5) is 11.9. The van der Waals surface area contributed by atoms with E-state index in [-0.39, 0.29) is 4.49 Å². The summed E-state index contributed by atoms with van der Waals surface area (Å²) in [5.74, 6) is 0.770. The average molecular weight is 306 g/mol. The Morgan fingerprint density at radius 3 is 2.00 bits per heavy atom. The van der Waals surface area contributed by atoms with E-state index in [1.165, 1.54) is 39.7 Å². The lowest BCUT2D eigenvalue weighted by molar-refractivity contribution is 0.0969. The van der Waals surface area contributed by atoms with E-state index in [1.807, 2.05) is 0 Å². The first-order valence-electron chi connectivity index (χ1n) is 5.15. The number of amides is 1. The molecule has 1 aromatic carbocycles. The third-order valence-corrected chi connectivity index (χ3v) is 2.46. The van der Waals surface area contributed by atoms with Gasteiger partial charge in [-0.1, -0.05) is 23.2 Å². The monoisotopic (exact) mass is 305 g/mol. The number of hydrogen-bond acceptors (Lipinski definition) is 4. The first kappa shape index (κ1) is 15.5. The Bertz CT molecular complexity index is 473. The van der Waals surface area contributed by atoms with Crippen molar-refractivity contribution in [3.63, 3.8) is 0 Å². The molecule has 0 aliphatic carbocycles. The van der Waals surface area contributed by atoms with Crippen LogP contribution in [0.3, 0.4) is 0 Å². The second kappa shape index (κ2) is 7.11. The highest BCUT2D eigenvalue weighted by molar-refractivity contribution is 6.55. The predicted octanol–water partition coefficient (Wildman–Crippen LogP) is 2.72. The zero-order chi connectivity index (χ0) is 14.4. The summed E-state index contributed by atoms with van der Waals surface area (Å²) in [7, 11) is 4.42. The Labute approximate surface area is 121 Å². The van der Waals surface area contributed by atoms with Crippen LogP contribution >= 0.6 is 23.2 Å². The molecule has 0 spiro atoms. The molecule has 1 amide bonds. The van der Waals surface area contributed by atoms with E-state index in [0.717, 1.165) is 0 Å². The van der Waals surface area contributed by atoms with Crippen LogP contribution in [-0.4, -0.2) is 27.2 Å². The predicted molar refractivity (Wildman–Crippen MR) is 73.4 cm³/mol. The first-order chi connectivity index (χ1) is 9.03. The molecule has 1 aromatic rings. The molecule has 0 aromatic heterocycles. The van der Waals surface area contributed by atoms with E-state index in [9.17, 15) is 4.79 Å². The van der Waals surface area contributed by atoms with Crippen molar-refractivity contribution in [2.75, 3.05) is 21.3 Å². The van der Waals surface area contributed by atoms with E-state index in [0.29, 0.717) is 22.8 Å². The minimum atomic E-state index is -0.405. The van der Waals surface area contributed by atoms with Crippen molar-refractivity contribution in [2.24, 2.45) is 0 Å². The summed E-state index contributed by atoms with van der Waals surface area (Å²) in [5, 5.41) is 2.42. The van der Waals surface area contributed by atoms with Gasteiger partial charge in [0.05, 0.1) is 21.3 Å². The molecule has 5 nitrogen and oxygen atoms in total. The third-order valence-electron chi connectivity index (χ3n) is 2.24. The molecule has 0 saturated heterocycles. The van der Waals surface area contributed by atoms with Crippen LogP contribution in [0.15, 0.2) is 22.8 Å². The molecule has 0 unspecified atom stereocenters. The number of nitrogens with one attached hydrogen (secondary N) is 1. The van der Waals surface area contributed by atoms with Gasteiger partial charge in [0.15, 0.2) is 11.5 Å². The van der Waals surface area contributed by atoms with Gasteiger partial charge < -0.3 is 19.5 Å². The second-order valence-corrected chi connectivity index (χ2v) is 4.33. The summed E-state index contributed by atoms with van der Waals surface area (Å²) >= 11 is 10.8. The molecule has 0 radical (unpaired) electrons. The Morgan fingerprint density at radius 2 is 1.63 bits per heavy atom. The molecule has 0 bridgehead atoms. The Hall–Kier alpha value is -1.59. The molecular formula is C12H13Cl2NO4. The average Bonchev–Trinajstić information content (AvgIpc) is 2.42. The van der Waals surface area contributed by atoms with Crippen LogP contribution in [0.5, 0.6) is 17.2 Å². The molecule has 104 valence electrons. The van der Waals surface area contributed by atoms with Gasteiger partial charge in [0.2, 0.25) is 5.75 Å². The summed E-state index contributed by atoms with van der Waals surface area (Å²) in [6.07, 6.45) is 1.18. The van der Waals surface area contributed by atoms with Crippen LogP contribution in [0, 0.1) is 0 Å². The number of carbonyl (C=O) groups excluding carboxylic acids is 1. The van der Waals surface area contributed by atoms with Crippen molar-refractivity contribution in [2.45, 2.75) is 0 Å². The van der Waals surface area contributed by atoms with E-state index in [2.05, 4.69) is 5.32 Å². The standard InChI is InChI=1S/C12H13Cl2NO4/c1-17-8-4-7(12(16)15-6-10(13)14)5-9(18-2)11(8)19-3/h4-6H,1-3H3,(H,15,16). The summed E-state index contributed by atoms with van der Waals surface area (Å²) in [5.41, 5.74) is 0.320. The van der Waals surface area contributed by atoms with E-state index >= 15 is 0 Å². The minimum absolute atomic E-state index is 0.0548. The molecule has 0 saturated carbocycles. The third kappa shape index (κ3) is 3.94. The SMILES string of the molecule is COc1cc(C(=O)NC=C(Cl)Cl)cc(OC)c1OC. The topological polar surface area (TPSA) is 56.8 Å². The number of rotatable bonds is 5. The van der Waals surface area contributed by atoms with Crippen molar-refractivity contribution in [1.29, 1.82) is 0 Å². The lowest BCUT2D eigenvalue weighted by atomic mass is 10.1. The van der Waals surface area contributed by atoms with E-state index in [1.54, 1.807) is 0 Å². The van der Waals surface area contributed by atoms with Crippen LogP contribution in [0.1, 0.15) is 10.4 Å². The lowest BCUT2D eigenvalue weighted by Crippen LogP contribution is -2.17. The number of carbonyl (C=O) groups is 1. The van der Waals surface area contributed by atoms with Gasteiger partial charge in [-0.15, -0.1) is 0 Å². The number of hydrogen-bond donors (Lipinski definition) is 1. The molecule has 7 heteroatoms. The highest BCUT2D eigenvalue weighted by Gasteiger charge is 2.16. The number of ether oxygens (including phenoxy) is 3.